The number of hydrogen-bond acceptors (Lipinski definition) is 6. The Labute approximate surface area is 201 Å². The number of carbonyl (C=O) groups is 2. The van der Waals surface area contributed by atoms with Gasteiger partial charge in [-0.2, -0.15) is 0 Å². The average Bonchev–Trinajstić information content (AvgIpc) is 3.04. The monoisotopic (exact) mass is 484 g/mol. The molecular weight excluding hydrogens is 448 g/mol. The first-order valence-corrected chi connectivity index (χ1v) is 12.8. The van der Waals surface area contributed by atoms with Gasteiger partial charge in [0.2, 0.25) is 0 Å². The third-order valence-corrected chi connectivity index (χ3v) is 8.05. The Bertz CT molecular complexity index is 748. The topological polar surface area (TPSA) is 83.6 Å². The van der Waals surface area contributed by atoms with Crippen molar-refractivity contribution >= 4 is 35.7 Å². The van der Waals surface area contributed by atoms with Gasteiger partial charge in [0.15, 0.2) is 0 Å². The van der Waals surface area contributed by atoms with Crippen molar-refractivity contribution in [1.82, 2.24) is 20.5 Å². The first kappa shape index (κ1) is 25.2. The molecular formula is C23H37ClN4O3S. The summed E-state index contributed by atoms with van der Waals surface area (Å²) in [6.45, 7) is 7.42. The lowest BCUT2D eigenvalue weighted by atomic mass is 9.86. The van der Waals surface area contributed by atoms with Crippen LogP contribution in [0.15, 0.2) is 0 Å². The SMILES string of the molecule is CC(C)OC(=O)[C@H]1CC[C@H](NC(=O)N2CCC(c3nc4c(s3)CCNCC4)CC2)CC1.Cl. The maximum atomic E-state index is 12.8. The summed E-state index contributed by atoms with van der Waals surface area (Å²) >= 11 is 1.89. The van der Waals surface area contributed by atoms with Crippen molar-refractivity contribution in [2.75, 3.05) is 26.2 Å². The molecule has 2 fully saturated rings. The van der Waals surface area contributed by atoms with Crippen molar-refractivity contribution in [2.45, 2.75) is 83.3 Å². The molecule has 2 aliphatic heterocycles. The molecule has 1 aliphatic carbocycles. The molecule has 0 radical (unpaired) electrons. The molecule has 180 valence electrons. The number of piperidine rings is 1. The minimum atomic E-state index is -0.0856. The zero-order chi connectivity index (χ0) is 21.8. The van der Waals surface area contributed by atoms with Crippen molar-refractivity contribution < 1.29 is 14.3 Å². The van der Waals surface area contributed by atoms with E-state index in [1.54, 1.807) is 0 Å². The summed E-state index contributed by atoms with van der Waals surface area (Å²) in [6, 6.07) is 0.212. The molecule has 1 saturated heterocycles. The third kappa shape index (κ3) is 6.35. The van der Waals surface area contributed by atoms with Crippen molar-refractivity contribution in [3.8, 4) is 0 Å². The number of nitrogens with one attached hydrogen (secondary N) is 2. The van der Waals surface area contributed by atoms with Crippen LogP contribution in [0, 0.1) is 5.92 Å². The molecule has 4 rings (SSSR count). The van der Waals surface area contributed by atoms with E-state index in [0.717, 1.165) is 77.5 Å². The summed E-state index contributed by atoms with van der Waals surface area (Å²) in [5.41, 5.74) is 1.29. The quantitative estimate of drug-likeness (QED) is 0.637. The fourth-order valence-electron chi connectivity index (χ4n) is 4.90. The molecule has 32 heavy (non-hydrogen) atoms. The zero-order valence-electron chi connectivity index (χ0n) is 19.2. The molecule has 0 atom stereocenters. The Hall–Kier alpha value is -1.38. The molecule has 2 amide bonds. The van der Waals surface area contributed by atoms with Gasteiger partial charge in [-0.05, 0) is 58.8 Å². The van der Waals surface area contributed by atoms with Crippen LogP contribution in [0.4, 0.5) is 4.79 Å². The van der Waals surface area contributed by atoms with Crippen molar-refractivity contribution in [2.24, 2.45) is 5.92 Å². The minimum Gasteiger partial charge on any atom is -0.463 e. The van der Waals surface area contributed by atoms with Gasteiger partial charge < -0.3 is 20.3 Å². The molecule has 3 aliphatic rings. The van der Waals surface area contributed by atoms with E-state index in [9.17, 15) is 9.59 Å². The van der Waals surface area contributed by atoms with Crippen LogP contribution in [0.3, 0.4) is 0 Å². The number of amides is 2. The highest BCUT2D eigenvalue weighted by Crippen LogP contribution is 2.34. The number of likely N-dealkylation sites (tertiary alicyclic amines) is 1. The Kier molecular flexibility index (Phi) is 9.20. The second-order valence-electron chi connectivity index (χ2n) is 9.42. The zero-order valence-corrected chi connectivity index (χ0v) is 20.9. The highest BCUT2D eigenvalue weighted by Gasteiger charge is 2.31. The molecule has 0 spiro atoms. The number of halogens is 1. The van der Waals surface area contributed by atoms with Crippen molar-refractivity contribution in [3.05, 3.63) is 15.6 Å². The van der Waals surface area contributed by atoms with Crippen LogP contribution in [-0.2, 0) is 22.4 Å². The highest BCUT2D eigenvalue weighted by molar-refractivity contribution is 7.11. The number of ether oxygens (including phenoxy) is 1. The van der Waals surface area contributed by atoms with Gasteiger partial charge in [-0.15, -0.1) is 23.7 Å². The van der Waals surface area contributed by atoms with Gasteiger partial charge in [-0.3, -0.25) is 4.79 Å². The molecule has 1 aromatic heterocycles. The largest absolute Gasteiger partial charge is 0.463 e. The molecule has 1 saturated carbocycles. The third-order valence-electron chi connectivity index (χ3n) is 6.73. The Morgan fingerprint density at radius 3 is 2.47 bits per heavy atom. The number of aromatic nitrogens is 1. The normalized spacial score (nSPS) is 24.3. The van der Waals surface area contributed by atoms with Crippen LogP contribution in [0.5, 0.6) is 0 Å². The van der Waals surface area contributed by atoms with Crippen LogP contribution in [0.1, 0.15) is 73.9 Å². The lowest BCUT2D eigenvalue weighted by Crippen LogP contribution is -2.48. The fourth-order valence-corrected chi connectivity index (χ4v) is 6.18. The second kappa shape index (κ2) is 11.7. The number of urea groups is 1. The van der Waals surface area contributed by atoms with E-state index in [1.165, 1.54) is 15.6 Å². The Balaban J connectivity index is 0.00000289. The van der Waals surface area contributed by atoms with Crippen LogP contribution in [-0.4, -0.2) is 60.2 Å². The smallest absolute Gasteiger partial charge is 0.317 e. The minimum absolute atomic E-state index is 0. The number of esters is 1. The number of fused-ring (bicyclic) bond motifs is 1. The second-order valence-corrected chi connectivity index (χ2v) is 10.5. The van der Waals surface area contributed by atoms with Crippen LogP contribution in [0.2, 0.25) is 0 Å². The molecule has 0 unspecified atom stereocenters. The van der Waals surface area contributed by atoms with E-state index < -0.39 is 0 Å². The summed E-state index contributed by atoms with van der Waals surface area (Å²) in [6.07, 6.45) is 7.32. The fraction of sp³-hybridized carbons (Fsp3) is 0.783. The van der Waals surface area contributed by atoms with Crippen molar-refractivity contribution in [3.63, 3.8) is 0 Å². The van der Waals surface area contributed by atoms with Crippen molar-refractivity contribution in [1.29, 1.82) is 0 Å². The van der Waals surface area contributed by atoms with Crippen LogP contribution >= 0.6 is 23.7 Å². The number of rotatable bonds is 4. The van der Waals surface area contributed by atoms with Gasteiger partial charge in [-0.1, -0.05) is 0 Å². The molecule has 0 aromatic carbocycles. The van der Waals surface area contributed by atoms with Gasteiger partial charge in [0.1, 0.15) is 0 Å². The standard InChI is InChI=1S/C23H36N4O3S.ClH/c1-15(2)30-22(28)17-3-5-18(6-4-17)25-23(29)27-13-9-16(10-14-27)21-26-19-7-11-24-12-8-20(19)31-21;/h15-18,24H,3-14H2,1-2H3,(H,25,29);1H/t17-,18-;. The molecule has 0 bridgehead atoms. The van der Waals surface area contributed by atoms with Gasteiger partial charge in [0.25, 0.3) is 0 Å². The highest BCUT2D eigenvalue weighted by atomic mass is 35.5. The summed E-state index contributed by atoms with van der Waals surface area (Å²) < 4.78 is 5.34. The van der Waals surface area contributed by atoms with Gasteiger partial charge in [-0.25, -0.2) is 9.78 Å². The molecule has 7 nitrogen and oxygen atoms in total. The van der Waals surface area contributed by atoms with E-state index in [1.807, 2.05) is 30.1 Å². The van der Waals surface area contributed by atoms with Crippen LogP contribution in [0.25, 0.3) is 0 Å². The Morgan fingerprint density at radius 1 is 1.09 bits per heavy atom. The van der Waals surface area contributed by atoms with Gasteiger partial charge >= 0.3 is 12.0 Å². The molecule has 3 heterocycles. The number of carbonyl (C=O) groups excluding carboxylic acids is 2. The van der Waals surface area contributed by atoms with E-state index in [0.29, 0.717) is 5.92 Å². The first-order valence-electron chi connectivity index (χ1n) is 11.9. The summed E-state index contributed by atoms with van der Waals surface area (Å²) in [4.78, 5) is 33.2. The molecule has 2 N–H and O–H groups in total. The lowest BCUT2D eigenvalue weighted by molar-refractivity contribution is -0.153. The maximum Gasteiger partial charge on any atom is 0.317 e. The predicted octanol–water partition coefficient (Wildman–Crippen LogP) is 3.65. The number of hydrogen-bond donors (Lipinski definition) is 2. The lowest BCUT2D eigenvalue weighted by Gasteiger charge is -2.34. The van der Waals surface area contributed by atoms with E-state index in [4.69, 9.17) is 9.72 Å². The first-order chi connectivity index (χ1) is 15.0. The van der Waals surface area contributed by atoms with E-state index in [2.05, 4.69) is 10.6 Å². The van der Waals surface area contributed by atoms with E-state index in [-0.39, 0.29) is 42.5 Å². The summed E-state index contributed by atoms with van der Waals surface area (Å²) in [5, 5.41) is 7.92. The van der Waals surface area contributed by atoms with Gasteiger partial charge in [0.05, 0.1) is 22.7 Å². The number of thiazole rings is 1. The maximum absolute atomic E-state index is 12.8. The molecule has 1 aromatic rings. The van der Waals surface area contributed by atoms with Gasteiger partial charge in [0, 0.05) is 49.4 Å². The van der Waals surface area contributed by atoms with E-state index >= 15 is 0 Å². The predicted molar refractivity (Wildman–Crippen MR) is 129 cm³/mol. The Morgan fingerprint density at radius 2 is 1.78 bits per heavy atom. The summed E-state index contributed by atoms with van der Waals surface area (Å²) in [7, 11) is 0. The molecule has 9 heteroatoms. The average molecular weight is 485 g/mol. The summed E-state index contributed by atoms with van der Waals surface area (Å²) in [5.74, 6) is 0.379. The number of nitrogens with zero attached hydrogens (tertiary/aromatic N) is 2. The van der Waals surface area contributed by atoms with Crippen LogP contribution < -0.4 is 10.6 Å².